The molecule has 17 aromatic rings. The van der Waals surface area contributed by atoms with Gasteiger partial charge in [-0.3, -0.25) is 0 Å². The molecule has 566 valence electrons. The Labute approximate surface area is 682 Å². The Bertz CT molecular complexity index is 6230. The molecule has 0 amide bonds. The summed E-state index contributed by atoms with van der Waals surface area (Å²) in [5.41, 5.74) is 27.4. The number of anilines is 6. The van der Waals surface area contributed by atoms with Crippen LogP contribution in [0.25, 0.3) is 78.6 Å². The second-order valence-corrected chi connectivity index (χ2v) is 32.7. The summed E-state index contributed by atoms with van der Waals surface area (Å²) in [6, 6.07) is 126. The van der Waals surface area contributed by atoms with E-state index in [1.54, 1.807) is 24.3 Å². The number of furan rings is 1. The van der Waals surface area contributed by atoms with Crippen LogP contribution in [0.4, 0.5) is 42.9 Å². The number of hydrogen-bond donors (Lipinski definition) is 0. The molecule has 1 aromatic heterocycles. The molecular weight excluding hydrogens is 1440 g/mol. The van der Waals surface area contributed by atoms with Crippen molar-refractivity contribution in [2.45, 2.75) is 63.2 Å². The normalized spacial score (nSPS) is 14.6. The molecule has 0 bridgehead atoms. The second-order valence-electron chi connectivity index (χ2n) is 32.7. The fraction of sp³-hybridized carbons (Fsp3) is 0.0909. The molecule has 0 fully saturated rings. The van der Waals surface area contributed by atoms with Gasteiger partial charge in [0.2, 0.25) is 0 Å². The Kier molecular flexibility index (Phi) is 18.1. The van der Waals surface area contributed by atoms with E-state index in [9.17, 15) is 0 Å². The first-order valence-corrected chi connectivity index (χ1v) is 39.9. The van der Waals surface area contributed by atoms with Crippen molar-refractivity contribution in [3.8, 4) is 67.5 Å². The van der Waals surface area contributed by atoms with E-state index in [4.69, 9.17) is 13.9 Å². The minimum Gasteiger partial charge on any atom is -0.457 e. The van der Waals surface area contributed by atoms with Gasteiger partial charge in [-0.05, 0) is 280 Å². The first kappa shape index (κ1) is 73.1. The lowest BCUT2D eigenvalue weighted by molar-refractivity contribution is 0.482. The molecule has 0 radical (unpaired) electrons. The molecule has 2 aliphatic carbocycles. The van der Waals surface area contributed by atoms with Crippen LogP contribution < -0.4 is 19.3 Å². The molecule has 0 spiro atoms. The fourth-order valence-electron chi connectivity index (χ4n) is 17.8. The molecule has 16 aromatic carbocycles. The van der Waals surface area contributed by atoms with Crippen molar-refractivity contribution in [3.63, 3.8) is 0 Å². The molecule has 1 heterocycles. The average Bonchev–Trinajstić information content (AvgIpc) is 1.55. The summed E-state index contributed by atoms with van der Waals surface area (Å²) >= 11 is 0. The number of fused-ring (bicyclic) bond motifs is 9. The molecule has 0 saturated heterocycles. The third kappa shape index (κ3) is 13.0. The topological polar surface area (TPSA) is 38.1 Å². The van der Waals surface area contributed by atoms with E-state index in [1.807, 2.05) is 109 Å². The molecule has 7 heteroatoms. The SMILES string of the molecule is C=Cc1ccc(Oc2ccc(C3(c4ccc(F)cc4)c4ccccc4-c4ccc(-c5ccc(N(c6ccc(C(C)(C)C)cc6)c6ccc7c(c6)oc6cc(N(c8ccc(-c9ccc%10c(c9)C(c9ccc(F)cc9)(c9ccc(Oc%11ccc(C=C)cc%11)cc9)c9ccccc9-%10)cc8)c8ccc(C(C)(C)C)cc8)ccc67)cc5)cc43)cc2)cc1. The number of rotatable bonds is 18. The molecule has 2 unspecified atom stereocenters. The Hall–Kier alpha value is -14.1. The van der Waals surface area contributed by atoms with Crippen molar-refractivity contribution < 1.29 is 22.7 Å². The molecule has 19 rings (SSSR count). The highest BCUT2D eigenvalue weighted by atomic mass is 19.1. The lowest BCUT2D eigenvalue weighted by Gasteiger charge is -2.34. The Morgan fingerprint density at radius 3 is 0.915 bits per heavy atom. The number of ether oxygens (including phenoxy) is 2. The van der Waals surface area contributed by atoms with Gasteiger partial charge in [-0.2, -0.15) is 0 Å². The predicted octanol–water partition coefficient (Wildman–Crippen LogP) is 30.3. The van der Waals surface area contributed by atoms with Gasteiger partial charge >= 0.3 is 0 Å². The number of halogens is 2. The quantitative estimate of drug-likeness (QED) is 0.0856. The fourth-order valence-corrected chi connectivity index (χ4v) is 17.8. The van der Waals surface area contributed by atoms with Crippen LogP contribution >= 0.6 is 0 Å². The van der Waals surface area contributed by atoms with Gasteiger partial charge in [0, 0.05) is 57.0 Å². The first-order valence-electron chi connectivity index (χ1n) is 39.9. The van der Waals surface area contributed by atoms with Crippen molar-refractivity contribution in [2.24, 2.45) is 0 Å². The maximum Gasteiger partial charge on any atom is 0.137 e. The van der Waals surface area contributed by atoms with E-state index < -0.39 is 10.8 Å². The van der Waals surface area contributed by atoms with Crippen LogP contribution in [0.5, 0.6) is 23.0 Å². The summed E-state index contributed by atoms with van der Waals surface area (Å²) in [4.78, 5) is 4.63. The Morgan fingerprint density at radius 2 is 0.581 bits per heavy atom. The van der Waals surface area contributed by atoms with Gasteiger partial charge < -0.3 is 23.7 Å². The van der Waals surface area contributed by atoms with E-state index in [0.29, 0.717) is 11.5 Å². The molecule has 0 aliphatic heterocycles. The summed E-state index contributed by atoms with van der Waals surface area (Å²) in [6.07, 6.45) is 3.64. The van der Waals surface area contributed by atoms with Gasteiger partial charge in [0.15, 0.2) is 0 Å². The zero-order valence-electron chi connectivity index (χ0n) is 66.1. The highest BCUT2D eigenvalue weighted by Crippen LogP contribution is 2.60. The smallest absolute Gasteiger partial charge is 0.137 e. The number of hydrogen-bond acceptors (Lipinski definition) is 5. The van der Waals surface area contributed by atoms with Crippen LogP contribution in [-0.4, -0.2) is 0 Å². The monoisotopic (exact) mass is 1520 g/mol. The van der Waals surface area contributed by atoms with Crippen molar-refractivity contribution in [3.05, 3.63) is 456 Å². The van der Waals surface area contributed by atoms with E-state index in [-0.39, 0.29) is 22.5 Å². The lowest BCUT2D eigenvalue weighted by atomic mass is 9.67. The van der Waals surface area contributed by atoms with Crippen molar-refractivity contribution in [1.29, 1.82) is 0 Å². The van der Waals surface area contributed by atoms with Gasteiger partial charge in [0.25, 0.3) is 0 Å². The van der Waals surface area contributed by atoms with Crippen LogP contribution in [0, 0.1) is 11.6 Å². The molecule has 2 aliphatic rings. The molecule has 5 nitrogen and oxygen atoms in total. The molecule has 117 heavy (non-hydrogen) atoms. The molecule has 0 saturated carbocycles. The molecule has 2 atom stereocenters. The second kappa shape index (κ2) is 29.1. The van der Waals surface area contributed by atoms with Crippen molar-refractivity contribution in [1.82, 2.24) is 0 Å². The molecule has 0 N–H and O–H groups in total. The van der Waals surface area contributed by atoms with Crippen LogP contribution in [0.3, 0.4) is 0 Å². The summed E-state index contributed by atoms with van der Waals surface area (Å²) in [6.45, 7) is 21.3. The zero-order chi connectivity index (χ0) is 79.9. The highest BCUT2D eigenvalue weighted by molar-refractivity contribution is 6.07. The summed E-state index contributed by atoms with van der Waals surface area (Å²) in [5.74, 6) is 2.30. The van der Waals surface area contributed by atoms with E-state index in [0.717, 1.165) is 168 Å². The van der Waals surface area contributed by atoms with Crippen molar-refractivity contribution in [2.75, 3.05) is 9.80 Å². The Morgan fingerprint density at radius 1 is 0.291 bits per heavy atom. The first-order chi connectivity index (χ1) is 56.9. The minimum absolute atomic E-state index is 0.0545. The molecular formula is C110H84F2N2O3. The van der Waals surface area contributed by atoms with Crippen molar-refractivity contribution >= 4 is 68.2 Å². The number of nitrogens with zero attached hydrogens (tertiary/aromatic N) is 2. The number of benzene rings is 16. The highest BCUT2D eigenvalue weighted by Gasteiger charge is 2.48. The van der Waals surface area contributed by atoms with Crippen LogP contribution in [-0.2, 0) is 21.7 Å². The predicted molar refractivity (Wildman–Crippen MR) is 479 cm³/mol. The third-order valence-corrected chi connectivity index (χ3v) is 23.8. The van der Waals surface area contributed by atoms with Gasteiger partial charge in [-0.1, -0.05) is 261 Å². The van der Waals surface area contributed by atoms with Gasteiger partial charge in [-0.25, -0.2) is 8.78 Å². The maximum absolute atomic E-state index is 15.1. The standard InChI is InChI=1S/C110H84F2N2O3/c1-9-71-19-55-91(56-20-71)115-93-59-37-81(38-60-93)109(79-29-41-83(111)42-30-79)101-17-13-11-15-95(101)97-63-27-75(67-103(97)109)73-23-45-85(46-24-73)113(87-49-33-77(34-50-87)107(3,4)5)89-53-65-99-100-66-54-90(70-106(100)117-105(99)69-89)114(88-51-35-78(36-52-88)108(6,7)8)86-47-25-74(26-48-86)76-28-64-98-96-16-12-14-18-102(96)110(104(98)68-76,80-31-43-84(112)44-32-80)82-39-61-94(62-40-82)116-92-57-21-72(10-2)22-58-92/h9-70H,1-2H2,3-8H3. The van der Waals surface area contributed by atoms with E-state index in [1.165, 1.54) is 11.1 Å². The zero-order valence-corrected chi connectivity index (χ0v) is 66.1. The summed E-state index contributed by atoms with van der Waals surface area (Å²) in [5, 5.41) is 2.02. The van der Waals surface area contributed by atoms with Crippen LogP contribution in [0.1, 0.15) is 108 Å². The van der Waals surface area contributed by atoms with E-state index in [2.05, 4.69) is 307 Å². The van der Waals surface area contributed by atoms with Gasteiger partial charge in [0.05, 0.1) is 10.8 Å². The lowest BCUT2D eigenvalue weighted by Crippen LogP contribution is -2.28. The van der Waals surface area contributed by atoms with Gasteiger partial charge in [0.1, 0.15) is 45.8 Å². The summed E-state index contributed by atoms with van der Waals surface area (Å²) < 4.78 is 50.1. The summed E-state index contributed by atoms with van der Waals surface area (Å²) in [7, 11) is 0. The van der Waals surface area contributed by atoms with E-state index >= 15 is 8.78 Å². The largest absolute Gasteiger partial charge is 0.457 e. The third-order valence-electron chi connectivity index (χ3n) is 23.8. The maximum atomic E-state index is 15.1. The van der Waals surface area contributed by atoms with Gasteiger partial charge in [-0.15, -0.1) is 0 Å². The minimum atomic E-state index is -0.794. The Balaban J connectivity index is 0.667. The van der Waals surface area contributed by atoms with Crippen LogP contribution in [0.2, 0.25) is 0 Å². The van der Waals surface area contributed by atoms with Crippen LogP contribution in [0.15, 0.2) is 382 Å². The average molecular weight is 1520 g/mol.